The summed E-state index contributed by atoms with van der Waals surface area (Å²) in [7, 11) is 0. The van der Waals surface area contributed by atoms with Gasteiger partial charge in [-0.3, -0.25) is 9.59 Å². The van der Waals surface area contributed by atoms with Crippen LogP contribution in [0, 0.1) is 11.3 Å². The molecule has 0 bridgehead atoms. The molecule has 1 rings (SSSR count). The smallest absolute Gasteiger partial charge is 0.298 e. The number of ketones is 1. The molecule has 1 aromatic rings. The minimum atomic E-state index is -4.88. The first-order valence-electron chi connectivity index (χ1n) is 4.55. The summed E-state index contributed by atoms with van der Waals surface area (Å²) >= 11 is 2.77. The number of hydrogen-bond acceptors (Lipinski definition) is 3. The third kappa shape index (κ3) is 2.59. The summed E-state index contributed by atoms with van der Waals surface area (Å²) in [6, 6.07) is 3.25. The van der Waals surface area contributed by atoms with Crippen LogP contribution in [-0.4, -0.2) is 17.4 Å². The molecule has 1 aromatic carbocycles. The maximum atomic E-state index is 12.9. The minimum Gasteiger partial charge on any atom is -0.298 e. The Balaban J connectivity index is 3.72. The number of benzene rings is 1. The van der Waals surface area contributed by atoms with E-state index in [1.165, 1.54) is 6.07 Å². The Labute approximate surface area is 108 Å². The molecule has 0 aliphatic rings. The monoisotopic (exact) mass is 319 g/mol. The zero-order valence-corrected chi connectivity index (χ0v) is 10.3. The van der Waals surface area contributed by atoms with Gasteiger partial charge in [0.1, 0.15) is 6.07 Å². The molecule has 0 atom stereocenters. The van der Waals surface area contributed by atoms with E-state index in [2.05, 4.69) is 15.9 Å². The van der Waals surface area contributed by atoms with E-state index in [0.29, 0.717) is 0 Å². The molecule has 0 fully saturated rings. The van der Waals surface area contributed by atoms with Crippen molar-refractivity contribution in [1.82, 2.24) is 0 Å². The average molecular weight is 320 g/mol. The largest absolute Gasteiger partial charge is 0.418 e. The molecule has 0 saturated carbocycles. The van der Waals surface area contributed by atoms with Crippen LogP contribution in [0.25, 0.3) is 0 Å². The van der Waals surface area contributed by atoms with Gasteiger partial charge in [-0.25, -0.2) is 0 Å². The lowest BCUT2D eigenvalue weighted by atomic mass is 9.95. The third-order valence-corrected chi connectivity index (χ3v) is 2.69. The summed E-state index contributed by atoms with van der Waals surface area (Å²) in [6.45, 7) is 0. The first-order valence-corrected chi connectivity index (χ1v) is 5.67. The molecule has 0 N–H and O–H groups in total. The summed E-state index contributed by atoms with van der Waals surface area (Å²) in [5, 5.41) is 8.44. The molecule has 0 amide bonds. The van der Waals surface area contributed by atoms with Crippen LogP contribution < -0.4 is 0 Å². The number of alkyl halides is 4. The Morgan fingerprint density at radius 3 is 2.44 bits per heavy atom. The van der Waals surface area contributed by atoms with Crippen LogP contribution in [0.1, 0.15) is 31.8 Å². The Bertz CT molecular complexity index is 546. The van der Waals surface area contributed by atoms with E-state index in [-0.39, 0.29) is 11.6 Å². The summed E-state index contributed by atoms with van der Waals surface area (Å²) in [5.41, 5.74) is -3.21. The zero-order chi connectivity index (χ0) is 13.9. The fraction of sp³-hybridized carbons (Fsp3) is 0.182. The molecule has 18 heavy (non-hydrogen) atoms. The van der Waals surface area contributed by atoms with Crippen molar-refractivity contribution in [3.63, 3.8) is 0 Å². The molecular formula is C11H5BrF3NO2. The lowest BCUT2D eigenvalue weighted by Gasteiger charge is -2.14. The second kappa shape index (κ2) is 5.31. The maximum Gasteiger partial charge on any atom is 0.418 e. The van der Waals surface area contributed by atoms with E-state index in [9.17, 15) is 22.8 Å². The van der Waals surface area contributed by atoms with Gasteiger partial charge in [0.2, 0.25) is 0 Å². The van der Waals surface area contributed by atoms with Gasteiger partial charge in [0, 0.05) is 11.1 Å². The highest BCUT2D eigenvalue weighted by Crippen LogP contribution is 2.36. The second-order valence-electron chi connectivity index (χ2n) is 3.24. The number of carbonyl (C=O) groups excluding carboxylic acids is 2. The van der Waals surface area contributed by atoms with Crippen molar-refractivity contribution in [3.05, 3.63) is 34.4 Å². The van der Waals surface area contributed by atoms with Crippen molar-refractivity contribution < 1.29 is 22.8 Å². The van der Waals surface area contributed by atoms with E-state index in [0.717, 1.165) is 12.1 Å². The van der Waals surface area contributed by atoms with Crippen LogP contribution in [0.15, 0.2) is 12.1 Å². The van der Waals surface area contributed by atoms with E-state index in [1.54, 1.807) is 0 Å². The number of aldehydes is 1. The normalized spacial score (nSPS) is 10.8. The van der Waals surface area contributed by atoms with Crippen molar-refractivity contribution in [3.8, 4) is 6.07 Å². The van der Waals surface area contributed by atoms with Crippen LogP contribution in [0.2, 0.25) is 0 Å². The topological polar surface area (TPSA) is 57.9 Å². The fourth-order valence-electron chi connectivity index (χ4n) is 1.44. The van der Waals surface area contributed by atoms with Gasteiger partial charge in [0.15, 0.2) is 12.1 Å². The van der Waals surface area contributed by atoms with Gasteiger partial charge >= 0.3 is 6.18 Å². The first kappa shape index (κ1) is 14.4. The lowest BCUT2D eigenvalue weighted by molar-refractivity contribution is -0.138. The SMILES string of the molecule is N#Cc1c(C=O)ccc(C(=O)CBr)c1C(F)(F)F. The molecular weight excluding hydrogens is 315 g/mol. The Hall–Kier alpha value is -1.68. The Kier molecular flexibility index (Phi) is 4.24. The average Bonchev–Trinajstić information content (AvgIpc) is 2.34. The molecule has 0 aliphatic carbocycles. The van der Waals surface area contributed by atoms with Crippen LogP contribution in [0.3, 0.4) is 0 Å². The highest BCUT2D eigenvalue weighted by molar-refractivity contribution is 9.09. The van der Waals surface area contributed by atoms with Gasteiger partial charge in [0.05, 0.1) is 16.5 Å². The molecule has 0 aromatic heterocycles. The van der Waals surface area contributed by atoms with Crippen LogP contribution in [0.4, 0.5) is 13.2 Å². The minimum absolute atomic E-state index is 0.149. The van der Waals surface area contributed by atoms with E-state index < -0.39 is 34.2 Å². The lowest BCUT2D eigenvalue weighted by Crippen LogP contribution is -2.17. The molecule has 94 valence electrons. The predicted molar refractivity (Wildman–Crippen MR) is 59.7 cm³/mol. The third-order valence-electron chi connectivity index (χ3n) is 2.18. The molecule has 7 heteroatoms. The van der Waals surface area contributed by atoms with Crippen LogP contribution >= 0.6 is 15.9 Å². The van der Waals surface area contributed by atoms with Gasteiger partial charge in [-0.2, -0.15) is 18.4 Å². The quantitative estimate of drug-likeness (QED) is 0.489. The maximum absolute atomic E-state index is 12.9. The number of carbonyl (C=O) groups is 2. The van der Waals surface area contributed by atoms with Crippen molar-refractivity contribution in [2.45, 2.75) is 6.18 Å². The molecule has 0 saturated heterocycles. The first-order chi connectivity index (χ1) is 8.36. The summed E-state index contributed by atoms with van der Waals surface area (Å²) in [5.74, 6) is -0.809. The number of nitrogens with zero attached hydrogens (tertiary/aromatic N) is 1. The van der Waals surface area contributed by atoms with Gasteiger partial charge < -0.3 is 0 Å². The molecule has 0 aliphatic heterocycles. The highest BCUT2D eigenvalue weighted by atomic mass is 79.9. The van der Waals surface area contributed by atoms with Gasteiger partial charge in [-0.15, -0.1) is 0 Å². The number of halogens is 4. The highest BCUT2D eigenvalue weighted by Gasteiger charge is 2.38. The number of hydrogen-bond donors (Lipinski definition) is 0. The van der Waals surface area contributed by atoms with E-state index >= 15 is 0 Å². The summed E-state index contributed by atoms with van der Waals surface area (Å²) in [6.07, 6.45) is -4.73. The van der Waals surface area contributed by atoms with Crippen molar-refractivity contribution >= 4 is 28.0 Å². The molecule has 0 spiro atoms. The zero-order valence-electron chi connectivity index (χ0n) is 8.71. The van der Waals surface area contributed by atoms with Crippen LogP contribution in [0.5, 0.6) is 0 Å². The second-order valence-corrected chi connectivity index (χ2v) is 3.80. The van der Waals surface area contributed by atoms with Crippen molar-refractivity contribution in [2.75, 3.05) is 5.33 Å². The summed E-state index contributed by atoms with van der Waals surface area (Å²) in [4.78, 5) is 22.0. The Morgan fingerprint density at radius 2 is 2.06 bits per heavy atom. The fourth-order valence-corrected chi connectivity index (χ4v) is 1.74. The van der Waals surface area contributed by atoms with E-state index in [1.807, 2.05) is 0 Å². The standard InChI is InChI=1S/C11H5BrF3NO2/c12-3-9(18)7-2-1-6(5-17)8(4-16)10(7)11(13,14)15/h1-2,5H,3H2. The number of rotatable bonds is 3. The van der Waals surface area contributed by atoms with Crippen LogP contribution in [-0.2, 0) is 6.18 Å². The number of Topliss-reactive ketones (excluding diaryl/α,β-unsaturated/α-hetero) is 1. The van der Waals surface area contributed by atoms with Gasteiger partial charge in [-0.05, 0) is 12.1 Å². The van der Waals surface area contributed by atoms with Gasteiger partial charge in [-0.1, -0.05) is 15.9 Å². The molecule has 0 heterocycles. The van der Waals surface area contributed by atoms with Crippen molar-refractivity contribution in [2.24, 2.45) is 0 Å². The predicted octanol–water partition coefficient (Wildman–Crippen LogP) is 2.97. The Morgan fingerprint density at radius 1 is 1.44 bits per heavy atom. The molecule has 3 nitrogen and oxygen atoms in total. The van der Waals surface area contributed by atoms with Gasteiger partial charge in [0.25, 0.3) is 0 Å². The number of nitriles is 1. The molecule has 0 radical (unpaired) electrons. The van der Waals surface area contributed by atoms with E-state index in [4.69, 9.17) is 5.26 Å². The summed E-state index contributed by atoms with van der Waals surface area (Å²) < 4.78 is 38.6. The van der Waals surface area contributed by atoms with Crippen molar-refractivity contribution in [1.29, 1.82) is 5.26 Å². The molecule has 0 unspecified atom stereocenters.